The first-order chi connectivity index (χ1) is 13.8. The van der Waals surface area contributed by atoms with E-state index in [0.717, 1.165) is 22.9 Å². The number of methoxy groups -OCH3 is 1. The maximum Gasteiger partial charge on any atom is 0.435 e. The molecule has 1 heterocycles. The number of benzene rings is 2. The Morgan fingerprint density at radius 1 is 1.00 bits per heavy atom. The Morgan fingerprint density at radius 3 is 2.20 bits per heavy atom. The molecule has 0 radical (unpaired) electrons. The maximum absolute atomic E-state index is 13.2. The van der Waals surface area contributed by atoms with Gasteiger partial charge in [-0.15, -0.1) is 0 Å². The second-order valence-corrected chi connectivity index (χ2v) is 6.67. The molecule has 0 fully saturated rings. The van der Waals surface area contributed by atoms with Gasteiger partial charge in [0.05, 0.1) is 29.0 Å². The summed E-state index contributed by atoms with van der Waals surface area (Å²) in [6.07, 6.45) is -9.46. The first-order valence-corrected chi connectivity index (χ1v) is 8.61. The van der Waals surface area contributed by atoms with Crippen LogP contribution in [-0.2, 0) is 19.4 Å². The van der Waals surface area contributed by atoms with Crippen LogP contribution in [0.2, 0.25) is 5.02 Å². The normalized spacial score (nSPS) is 12.3. The molecule has 3 rings (SSSR count). The van der Waals surface area contributed by atoms with Crippen molar-refractivity contribution in [1.82, 2.24) is 9.78 Å². The highest BCUT2D eigenvalue weighted by atomic mass is 35.5. The number of halogens is 7. The predicted octanol–water partition coefficient (Wildman–Crippen LogP) is 6.16. The fourth-order valence-electron chi connectivity index (χ4n) is 2.98. The zero-order valence-corrected chi connectivity index (χ0v) is 16.1. The largest absolute Gasteiger partial charge is 0.506 e. The zero-order chi connectivity index (χ0) is 22.4. The number of phenolic OH excluding ortho intramolecular Hbond substituents is 1. The minimum Gasteiger partial charge on any atom is -0.506 e. The second-order valence-electron chi connectivity index (χ2n) is 6.27. The second kappa shape index (κ2) is 7.42. The molecule has 4 nitrogen and oxygen atoms in total. The van der Waals surface area contributed by atoms with Gasteiger partial charge in [0, 0.05) is 12.6 Å². The van der Waals surface area contributed by atoms with Crippen molar-refractivity contribution in [2.75, 3.05) is 7.11 Å². The third-order valence-corrected chi connectivity index (χ3v) is 4.70. The van der Waals surface area contributed by atoms with Gasteiger partial charge in [-0.1, -0.05) is 17.7 Å². The van der Waals surface area contributed by atoms with Gasteiger partial charge in [0.1, 0.15) is 11.5 Å². The molecule has 0 bridgehead atoms. The summed E-state index contributed by atoms with van der Waals surface area (Å²) in [4.78, 5) is 0. The van der Waals surface area contributed by atoms with Crippen molar-refractivity contribution < 1.29 is 36.2 Å². The van der Waals surface area contributed by atoms with Crippen LogP contribution in [0.15, 0.2) is 36.4 Å². The molecule has 0 aliphatic heterocycles. The average Bonchev–Trinajstić information content (AvgIpc) is 3.03. The van der Waals surface area contributed by atoms with Crippen molar-refractivity contribution in [2.45, 2.75) is 12.4 Å². The summed E-state index contributed by atoms with van der Waals surface area (Å²) < 4.78 is 84.7. The van der Waals surface area contributed by atoms with Crippen LogP contribution < -0.4 is 4.74 Å². The summed E-state index contributed by atoms with van der Waals surface area (Å²) >= 11 is 5.64. The molecule has 0 amide bonds. The van der Waals surface area contributed by atoms with Crippen molar-refractivity contribution >= 4 is 11.6 Å². The molecule has 0 aliphatic carbocycles. The van der Waals surface area contributed by atoms with E-state index in [-0.39, 0.29) is 28.1 Å². The quantitative estimate of drug-likeness (QED) is 0.486. The van der Waals surface area contributed by atoms with Crippen LogP contribution in [0.3, 0.4) is 0 Å². The molecule has 0 spiro atoms. The van der Waals surface area contributed by atoms with Crippen molar-refractivity contribution in [1.29, 1.82) is 0 Å². The Morgan fingerprint density at radius 2 is 1.67 bits per heavy atom. The third-order valence-electron chi connectivity index (χ3n) is 4.37. The highest BCUT2D eigenvalue weighted by molar-refractivity contribution is 6.31. The molecule has 2 aromatic carbocycles. The van der Waals surface area contributed by atoms with E-state index in [2.05, 4.69) is 5.10 Å². The number of aromatic hydroxyl groups is 1. The summed E-state index contributed by atoms with van der Waals surface area (Å²) in [5.74, 6) is -0.550. The van der Waals surface area contributed by atoms with Crippen LogP contribution in [0, 0.1) is 0 Å². The molecule has 0 aliphatic rings. The minimum atomic E-state index is -4.75. The molecule has 1 N–H and O–H groups in total. The molecule has 0 saturated carbocycles. The van der Waals surface area contributed by atoms with Crippen molar-refractivity contribution in [3.8, 4) is 33.9 Å². The first-order valence-electron chi connectivity index (χ1n) is 8.23. The lowest BCUT2D eigenvalue weighted by molar-refractivity contribution is -0.141. The van der Waals surface area contributed by atoms with E-state index in [0.29, 0.717) is 0 Å². The molecule has 3 aromatic rings. The summed E-state index contributed by atoms with van der Waals surface area (Å²) in [7, 11) is 2.49. The van der Waals surface area contributed by atoms with Gasteiger partial charge < -0.3 is 9.84 Å². The Bertz CT molecular complexity index is 1110. The van der Waals surface area contributed by atoms with E-state index in [1.807, 2.05) is 0 Å². The standard InChI is InChI=1S/C19H13ClF6N2O2/c1-28-13(8-15(27-28)19(24,25)26)10-4-6-14(30-2)16(17(10)29)9-3-5-12(20)11(7-9)18(21,22)23/h3-8,29H,1-2H3. The van der Waals surface area contributed by atoms with Crippen molar-refractivity contribution in [2.24, 2.45) is 7.05 Å². The molecular formula is C19H13ClF6N2O2. The summed E-state index contributed by atoms with van der Waals surface area (Å²) in [5.41, 5.74) is -2.68. The number of ether oxygens (including phenoxy) is 1. The monoisotopic (exact) mass is 450 g/mol. The number of aryl methyl sites for hydroxylation is 1. The van der Waals surface area contributed by atoms with Crippen molar-refractivity contribution in [3.05, 3.63) is 52.7 Å². The Balaban J connectivity index is 2.25. The zero-order valence-electron chi connectivity index (χ0n) is 15.4. The van der Waals surface area contributed by atoms with Crippen LogP contribution in [0.5, 0.6) is 11.5 Å². The lowest BCUT2D eigenvalue weighted by atomic mass is 9.97. The van der Waals surface area contributed by atoms with Crippen LogP contribution in [0.25, 0.3) is 22.4 Å². The Kier molecular flexibility index (Phi) is 5.40. The average molecular weight is 451 g/mol. The number of rotatable bonds is 3. The smallest absolute Gasteiger partial charge is 0.435 e. The van der Waals surface area contributed by atoms with Crippen LogP contribution in [0.1, 0.15) is 11.3 Å². The lowest BCUT2D eigenvalue weighted by Gasteiger charge is -2.16. The van der Waals surface area contributed by atoms with Gasteiger partial charge in [-0.25, -0.2) is 0 Å². The number of phenols is 1. The van der Waals surface area contributed by atoms with E-state index in [4.69, 9.17) is 16.3 Å². The molecule has 0 saturated heterocycles. The fraction of sp³-hybridized carbons (Fsp3) is 0.211. The van der Waals surface area contributed by atoms with E-state index in [1.165, 1.54) is 32.4 Å². The van der Waals surface area contributed by atoms with Gasteiger partial charge in [-0.2, -0.15) is 31.4 Å². The van der Waals surface area contributed by atoms with Crippen LogP contribution in [-0.4, -0.2) is 22.0 Å². The number of hydrogen-bond donors (Lipinski definition) is 1. The van der Waals surface area contributed by atoms with Crippen LogP contribution >= 0.6 is 11.6 Å². The van der Waals surface area contributed by atoms with Crippen molar-refractivity contribution in [3.63, 3.8) is 0 Å². The van der Waals surface area contributed by atoms with Crippen LogP contribution in [0.4, 0.5) is 26.3 Å². The highest BCUT2D eigenvalue weighted by Gasteiger charge is 2.36. The number of nitrogens with zero attached hydrogens (tertiary/aromatic N) is 2. The van der Waals surface area contributed by atoms with Gasteiger partial charge in [-0.3, -0.25) is 4.68 Å². The summed E-state index contributed by atoms with van der Waals surface area (Å²) in [6.45, 7) is 0. The minimum absolute atomic E-state index is 0.0184. The van der Waals surface area contributed by atoms with E-state index in [9.17, 15) is 31.4 Å². The van der Waals surface area contributed by atoms with Gasteiger partial charge >= 0.3 is 12.4 Å². The number of hydrogen-bond acceptors (Lipinski definition) is 3. The number of alkyl halides is 6. The van der Waals surface area contributed by atoms with Gasteiger partial charge in [-0.05, 0) is 35.9 Å². The number of aromatic nitrogens is 2. The van der Waals surface area contributed by atoms with E-state index < -0.39 is 34.4 Å². The summed E-state index contributed by atoms with van der Waals surface area (Å²) in [5, 5.41) is 13.6. The molecule has 0 atom stereocenters. The molecule has 0 unspecified atom stereocenters. The highest BCUT2D eigenvalue weighted by Crippen LogP contribution is 2.46. The SMILES string of the molecule is COc1ccc(-c2cc(C(F)(F)F)nn2C)c(O)c1-c1ccc(Cl)c(C(F)(F)F)c1. The van der Waals surface area contributed by atoms with Gasteiger partial charge in [0.2, 0.25) is 0 Å². The molecule has 11 heteroatoms. The Labute approximate surface area is 171 Å². The first kappa shape index (κ1) is 21.8. The maximum atomic E-state index is 13.2. The molecule has 30 heavy (non-hydrogen) atoms. The lowest BCUT2D eigenvalue weighted by Crippen LogP contribution is -2.06. The topological polar surface area (TPSA) is 47.3 Å². The molecule has 1 aromatic heterocycles. The molecule has 160 valence electrons. The molecular weight excluding hydrogens is 438 g/mol. The van der Waals surface area contributed by atoms with Gasteiger partial charge in [0.25, 0.3) is 0 Å². The third kappa shape index (κ3) is 3.91. The van der Waals surface area contributed by atoms with E-state index >= 15 is 0 Å². The van der Waals surface area contributed by atoms with Gasteiger partial charge in [0.15, 0.2) is 5.69 Å². The fourth-order valence-corrected chi connectivity index (χ4v) is 3.21. The summed E-state index contributed by atoms with van der Waals surface area (Å²) in [6, 6.07) is 6.32. The predicted molar refractivity (Wildman–Crippen MR) is 97.3 cm³/mol. The van der Waals surface area contributed by atoms with E-state index in [1.54, 1.807) is 0 Å². The Hall–Kier alpha value is -2.88.